The van der Waals surface area contributed by atoms with Crippen LogP contribution in [0.1, 0.15) is 0 Å². The maximum Gasteiger partial charge on any atom is 0.231 e. The van der Waals surface area contributed by atoms with Crippen LogP contribution in [0.25, 0.3) is 100 Å². The van der Waals surface area contributed by atoms with Crippen LogP contribution in [0.5, 0.6) is 0 Å². The van der Waals surface area contributed by atoms with Gasteiger partial charge in [-0.1, -0.05) is 140 Å². The minimum Gasteiger partial charge on any atom is -0.455 e. The van der Waals surface area contributed by atoms with Crippen molar-refractivity contribution < 1.29 is 8.83 Å². The zero-order chi connectivity index (χ0) is 33.0. The van der Waals surface area contributed by atoms with Gasteiger partial charge in [-0.2, -0.15) is 4.98 Å². The summed E-state index contributed by atoms with van der Waals surface area (Å²) >= 11 is 0. The Hall–Kier alpha value is -6.78. The maximum atomic E-state index is 6.48. The van der Waals surface area contributed by atoms with Crippen molar-refractivity contribution in [3.63, 3.8) is 0 Å². The summed E-state index contributed by atoms with van der Waals surface area (Å²) < 4.78 is 12.9. The Labute approximate surface area is 287 Å². The molecule has 10 aromatic rings. The molecular formula is C46H28N2O2. The molecule has 0 bridgehead atoms. The zero-order valence-corrected chi connectivity index (χ0v) is 26.9. The van der Waals surface area contributed by atoms with Gasteiger partial charge in [-0.25, -0.2) is 4.98 Å². The molecule has 0 aliphatic heterocycles. The Morgan fingerprint density at radius 1 is 0.360 bits per heavy atom. The van der Waals surface area contributed by atoms with Crippen LogP contribution in [0.4, 0.5) is 0 Å². The van der Waals surface area contributed by atoms with Gasteiger partial charge < -0.3 is 8.83 Å². The fourth-order valence-corrected chi connectivity index (χ4v) is 7.08. The van der Waals surface area contributed by atoms with Crippen LogP contribution in [-0.2, 0) is 0 Å². The van der Waals surface area contributed by atoms with Crippen LogP contribution in [0.3, 0.4) is 0 Å². The Kier molecular flexibility index (Phi) is 6.46. The van der Waals surface area contributed by atoms with Crippen LogP contribution < -0.4 is 0 Å². The average molecular weight is 641 g/mol. The second-order valence-electron chi connectivity index (χ2n) is 12.6. The Morgan fingerprint density at radius 2 is 0.880 bits per heavy atom. The molecule has 50 heavy (non-hydrogen) atoms. The highest BCUT2D eigenvalue weighted by molar-refractivity contribution is 6.15. The first-order chi connectivity index (χ1) is 24.8. The minimum absolute atomic E-state index is 0.547. The predicted molar refractivity (Wildman–Crippen MR) is 204 cm³/mol. The minimum atomic E-state index is 0.547. The number of fused-ring (bicyclic) bond motifs is 6. The van der Waals surface area contributed by atoms with Crippen LogP contribution in [0.15, 0.2) is 179 Å². The second-order valence-corrected chi connectivity index (χ2v) is 12.6. The number of benzene rings is 7. The lowest BCUT2D eigenvalue weighted by Crippen LogP contribution is -1.94. The molecule has 0 amide bonds. The number of aromatic nitrogens is 2. The number of nitrogens with zero attached hydrogens (tertiary/aromatic N) is 2. The van der Waals surface area contributed by atoms with Crippen molar-refractivity contribution in [1.29, 1.82) is 0 Å². The summed E-state index contributed by atoms with van der Waals surface area (Å²) in [6, 6.07) is 58.8. The van der Waals surface area contributed by atoms with Crippen molar-refractivity contribution in [3.05, 3.63) is 170 Å². The van der Waals surface area contributed by atoms with Crippen molar-refractivity contribution in [2.75, 3.05) is 0 Å². The smallest absolute Gasteiger partial charge is 0.231 e. The molecule has 0 spiro atoms. The molecule has 0 radical (unpaired) electrons. The first kappa shape index (κ1) is 28.3. The summed E-state index contributed by atoms with van der Waals surface area (Å²) in [4.78, 5) is 10.3. The van der Waals surface area contributed by atoms with Crippen molar-refractivity contribution in [3.8, 4) is 56.0 Å². The quantitative estimate of drug-likeness (QED) is 0.188. The maximum absolute atomic E-state index is 6.48. The van der Waals surface area contributed by atoms with Crippen molar-refractivity contribution in [2.24, 2.45) is 0 Å². The number of para-hydroxylation sites is 3. The second kappa shape index (κ2) is 11.4. The van der Waals surface area contributed by atoms with Gasteiger partial charge in [0, 0.05) is 27.3 Å². The molecule has 4 heteroatoms. The fraction of sp³-hybridized carbons (Fsp3) is 0. The molecule has 0 fully saturated rings. The zero-order valence-electron chi connectivity index (χ0n) is 26.9. The van der Waals surface area contributed by atoms with Crippen LogP contribution in [0.2, 0.25) is 0 Å². The number of furan rings is 2. The predicted octanol–water partition coefficient (Wildman–Crippen LogP) is 12.6. The molecule has 3 heterocycles. The van der Waals surface area contributed by atoms with Crippen molar-refractivity contribution >= 4 is 44.0 Å². The Bertz CT molecular complexity index is 2860. The van der Waals surface area contributed by atoms with E-state index in [1.807, 2.05) is 42.5 Å². The molecular weight excluding hydrogens is 613 g/mol. The third-order valence-corrected chi connectivity index (χ3v) is 9.54. The molecule has 0 unspecified atom stereocenters. The van der Waals surface area contributed by atoms with Crippen LogP contribution in [-0.4, -0.2) is 9.97 Å². The summed E-state index contributed by atoms with van der Waals surface area (Å²) in [7, 11) is 0. The molecule has 0 atom stereocenters. The van der Waals surface area contributed by atoms with E-state index in [0.717, 1.165) is 71.8 Å². The summed E-state index contributed by atoms with van der Waals surface area (Å²) in [6.45, 7) is 0. The van der Waals surface area contributed by atoms with E-state index >= 15 is 0 Å². The molecule has 4 nitrogen and oxygen atoms in total. The van der Waals surface area contributed by atoms with E-state index in [0.29, 0.717) is 11.5 Å². The van der Waals surface area contributed by atoms with Gasteiger partial charge in [0.2, 0.25) is 5.71 Å². The molecule has 7 aromatic carbocycles. The highest BCUT2D eigenvalue weighted by Crippen LogP contribution is 2.41. The lowest BCUT2D eigenvalue weighted by molar-refractivity contribution is 0.653. The number of rotatable bonds is 5. The molecule has 234 valence electrons. The van der Waals surface area contributed by atoms with E-state index in [9.17, 15) is 0 Å². The van der Waals surface area contributed by atoms with Gasteiger partial charge in [0.1, 0.15) is 16.7 Å². The molecule has 0 saturated carbocycles. The van der Waals surface area contributed by atoms with Gasteiger partial charge in [0.05, 0.1) is 11.1 Å². The van der Waals surface area contributed by atoms with Gasteiger partial charge in [0.25, 0.3) is 0 Å². The standard InChI is InChI=1S/C46H28N2O2/c1-2-11-29(12-3-1)30-23-25-31(26-24-30)32-13-8-14-33(27-32)34-15-9-16-35(28-34)45-47-43(42-38-18-5-7-22-41(38)50-46(42)48-45)39-20-10-19-37-36-17-4-6-21-40(36)49-44(37)39/h1-28H. The summed E-state index contributed by atoms with van der Waals surface area (Å²) in [5.41, 5.74) is 12.5. The van der Waals surface area contributed by atoms with Crippen LogP contribution >= 0.6 is 0 Å². The van der Waals surface area contributed by atoms with Gasteiger partial charge in [-0.05, 0) is 63.7 Å². The van der Waals surface area contributed by atoms with Gasteiger partial charge in [-0.3, -0.25) is 0 Å². The number of hydrogen-bond donors (Lipinski definition) is 0. The van der Waals surface area contributed by atoms with Crippen molar-refractivity contribution in [1.82, 2.24) is 9.97 Å². The summed E-state index contributed by atoms with van der Waals surface area (Å²) in [5.74, 6) is 0.592. The highest BCUT2D eigenvalue weighted by Gasteiger charge is 2.21. The number of hydrogen-bond acceptors (Lipinski definition) is 4. The van der Waals surface area contributed by atoms with Gasteiger partial charge >= 0.3 is 0 Å². The van der Waals surface area contributed by atoms with E-state index in [4.69, 9.17) is 18.8 Å². The fourth-order valence-electron chi connectivity index (χ4n) is 7.08. The monoisotopic (exact) mass is 640 g/mol. The summed E-state index contributed by atoms with van der Waals surface area (Å²) in [5, 5.41) is 3.98. The molecule has 0 aliphatic carbocycles. The van der Waals surface area contributed by atoms with E-state index in [1.165, 1.54) is 16.7 Å². The highest BCUT2D eigenvalue weighted by atomic mass is 16.3. The largest absolute Gasteiger partial charge is 0.455 e. The third kappa shape index (κ3) is 4.69. The topological polar surface area (TPSA) is 52.1 Å². The third-order valence-electron chi connectivity index (χ3n) is 9.54. The lowest BCUT2D eigenvalue weighted by Gasteiger charge is -2.10. The first-order valence-electron chi connectivity index (χ1n) is 16.7. The Balaban J connectivity index is 1.09. The van der Waals surface area contributed by atoms with E-state index in [2.05, 4.69) is 127 Å². The SMILES string of the molecule is c1ccc(-c2ccc(-c3cccc(-c4cccc(-c5nc(-c6cccc7c6oc6ccccc67)c6c(n5)oc5ccccc56)c4)c3)cc2)cc1. The molecule has 0 saturated heterocycles. The average Bonchev–Trinajstić information content (AvgIpc) is 3.77. The van der Waals surface area contributed by atoms with Gasteiger partial charge in [0.15, 0.2) is 5.82 Å². The molecule has 10 rings (SSSR count). The first-order valence-corrected chi connectivity index (χ1v) is 16.7. The normalized spacial score (nSPS) is 11.6. The Morgan fingerprint density at radius 3 is 1.64 bits per heavy atom. The van der Waals surface area contributed by atoms with Crippen LogP contribution in [0, 0.1) is 0 Å². The van der Waals surface area contributed by atoms with E-state index in [-0.39, 0.29) is 0 Å². The molecule has 0 aliphatic rings. The van der Waals surface area contributed by atoms with Crippen molar-refractivity contribution in [2.45, 2.75) is 0 Å². The molecule has 3 aromatic heterocycles. The lowest BCUT2D eigenvalue weighted by atomic mass is 9.96. The van der Waals surface area contributed by atoms with E-state index in [1.54, 1.807) is 0 Å². The molecule has 0 N–H and O–H groups in total. The van der Waals surface area contributed by atoms with Gasteiger partial charge in [-0.15, -0.1) is 0 Å². The van der Waals surface area contributed by atoms with E-state index < -0.39 is 0 Å². The summed E-state index contributed by atoms with van der Waals surface area (Å²) in [6.07, 6.45) is 0.